The Hall–Kier alpha value is -1.59. The third-order valence-electron chi connectivity index (χ3n) is 3.44. The van der Waals surface area contributed by atoms with Crippen LogP contribution in [0.15, 0.2) is 30.3 Å². The normalized spacial score (nSPS) is 22.8. The standard InChI is InChI=1S/C14H21N3O2/c15-10-14(7-4-8-16-11-14)17-13(18)19-9-12-5-2-1-3-6-12/h1-3,5-6,16H,4,7-11,15H2,(H,17,18). The monoisotopic (exact) mass is 263 g/mol. The van der Waals surface area contributed by atoms with E-state index >= 15 is 0 Å². The summed E-state index contributed by atoms with van der Waals surface area (Å²) < 4.78 is 5.22. The van der Waals surface area contributed by atoms with Crippen LogP contribution in [0.5, 0.6) is 0 Å². The van der Waals surface area contributed by atoms with E-state index in [0.29, 0.717) is 13.1 Å². The Bertz CT molecular complexity index is 402. The third-order valence-corrected chi connectivity index (χ3v) is 3.44. The van der Waals surface area contributed by atoms with Gasteiger partial charge in [-0.3, -0.25) is 0 Å². The smallest absolute Gasteiger partial charge is 0.407 e. The zero-order valence-electron chi connectivity index (χ0n) is 11.0. The Morgan fingerprint density at radius 3 is 2.84 bits per heavy atom. The van der Waals surface area contributed by atoms with Crippen molar-refractivity contribution >= 4 is 6.09 Å². The van der Waals surface area contributed by atoms with Gasteiger partial charge in [0, 0.05) is 13.1 Å². The molecule has 0 aromatic heterocycles. The van der Waals surface area contributed by atoms with Crippen LogP contribution in [0.1, 0.15) is 18.4 Å². The van der Waals surface area contributed by atoms with Gasteiger partial charge in [0.05, 0.1) is 5.54 Å². The first-order valence-electron chi connectivity index (χ1n) is 6.64. The van der Waals surface area contributed by atoms with E-state index < -0.39 is 6.09 Å². The first-order valence-corrected chi connectivity index (χ1v) is 6.64. The van der Waals surface area contributed by atoms with Gasteiger partial charge < -0.3 is 21.1 Å². The number of rotatable bonds is 4. The number of hydrogen-bond acceptors (Lipinski definition) is 4. The lowest BCUT2D eigenvalue weighted by molar-refractivity contribution is 0.121. The van der Waals surface area contributed by atoms with Gasteiger partial charge in [-0.2, -0.15) is 0 Å². The lowest BCUT2D eigenvalue weighted by Gasteiger charge is -2.36. The Balaban J connectivity index is 1.83. The van der Waals surface area contributed by atoms with Crippen molar-refractivity contribution in [1.29, 1.82) is 0 Å². The van der Waals surface area contributed by atoms with Gasteiger partial charge in [-0.15, -0.1) is 0 Å². The highest BCUT2D eigenvalue weighted by Crippen LogP contribution is 2.15. The molecule has 1 heterocycles. The van der Waals surface area contributed by atoms with Crippen LogP contribution in [0.3, 0.4) is 0 Å². The number of carbonyl (C=O) groups excluding carboxylic acids is 1. The van der Waals surface area contributed by atoms with E-state index in [1.807, 2.05) is 30.3 Å². The molecule has 19 heavy (non-hydrogen) atoms. The van der Waals surface area contributed by atoms with Crippen molar-refractivity contribution in [2.45, 2.75) is 25.0 Å². The maximum absolute atomic E-state index is 11.8. The minimum atomic E-state index is -0.405. The zero-order chi connectivity index (χ0) is 13.6. The number of amides is 1. The van der Waals surface area contributed by atoms with Crippen LogP contribution < -0.4 is 16.4 Å². The Morgan fingerprint density at radius 2 is 2.21 bits per heavy atom. The molecule has 0 bridgehead atoms. The van der Waals surface area contributed by atoms with Crippen LogP contribution in [-0.4, -0.2) is 31.3 Å². The van der Waals surface area contributed by atoms with Crippen molar-refractivity contribution in [1.82, 2.24) is 10.6 Å². The van der Waals surface area contributed by atoms with Gasteiger partial charge in [0.2, 0.25) is 0 Å². The molecular formula is C14H21N3O2. The van der Waals surface area contributed by atoms with Gasteiger partial charge >= 0.3 is 6.09 Å². The second-order valence-corrected chi connectivity index (χ2v) is 4.95. The largest absolute Gasteiger partial charge is 0.445 e. The summed E-state index contributed by atoms with van der Waals surface area (Å²) in [4.78, 5) is 11.8. The molecule has 1 amide bonds. The van der Waals surface area contributed by atoms with Crippen LogP contribution in [0, 0.1) is 0 Å². The van der Waals surface area contributed by atoms with Crippen molar-refractivity contribution in [3.05, 3.63) is 35.9 Å². The molecule has 1 fully saturated rings. The fourth-order valence-electron chi connectivity index (χ4n) is 2.28. The molecule has 1 unspecified atom stereocenters. The highest BCUT2D eigenvalue weighted by molar-refractivity contribution is 5.68. The number of carbonyl (C=O) groups is 1. The summed E-state index contributed by atoms with van der Waals surface area (Å²) in [5, 5.41) is 6.16. The first kappa shape index (κ1) is 13.8. The lowest BCUT2D eigenvalue weighted by atomic mass is 9.90. The molecule has 5 nitrogen and oxygen atoms in total. The van der Waals surface area contributed by atoms with E-state index in [1.165, 1.54) is 0 Å². The van der Waals surface area contributed by atoms with E-state index in [0.717, 1.165) is 24.9 Å². The van der Waals surface area contributed by atoms with Crippen LogP contribution in [0.4, 0.5) is 4.79 Å². The van der Waals surface area contributed by atoms with Crippen molar-refractivity contribution in [3.8, 4) is 0 Å². The lowest BCUT2D eigenvalue weighted by Crippen LogP contribution is -2.61. The molecule has 104 valence electrons. The highest BCUT2D eigenvalue weighted by atomic mass is 16.5. The second kappa shape index (κ2) is 6.54. The van der Waals surface area contributed by atoms with Gasteiger partial charge in [0.15, 0.2) is 0 Å². The van der Waals surface area contributed by atoms with E-state index in [4.69, 9.17) is 10.5 Å². The highest BCUT2D eigenvalue weighted by Gasteiger charge is 2.32. The average Bonchev–Trinajstić information content (AvgIpc) is 2.47. The van der Waals surface area contributed by atoms with E-state index in [2.05, 4.69) is 10.6 Å². The van der Waals surface area contributed by atoms with E-state index in [1.54, 1.807) is 0 Å². The van der Waals surface area contributed by atoms with Crippen molar-refractivity contribution in [3.63, 3.8) is 0 Å². The van der Waals surface area contributed by atoms with Gasteiger partial charge in [0.1, 0.15) is 6.61 Å². The number of piperidine rings is 1. The first-order chi connectivity index (χ1) is 9.24. The predicted molar refractivity (Wildman–Crippen MR) is 73.7 cm³/mol. The molecule has 2 rings (SSSR count). The molecule has 4 N–H and O–H groups in total. The summed E-state index contributed by atoms with van der Waals surface area (Å²) in [6, 6.07) is 9.62. The summed E-state index contributed by atoms with van der Waals surface area (Å²) in [6.45, 7) is 2.37. The van der Waals surface area contributed by atoms with Crippen LogP contribution in [0.25, 0.3) is 0 Å². The summed E-state index contributed by atoms with van der Waals surface area (Å²) >= 11 is 0. The van der Waals surface area contributed by atoms with Gasteiger partial charge in [-0.05, 0) is 24.9 Å². The number of hydrogen-bond donors (Lipinski definition) is 3. The summed E-state index contributed by atoms with van der Waals surface area (Å²) in [7, 11) is 0. The van der Waals surface area contributed by atoms with Crippen LogP contribution in [0.2, 0.25) is 0 Å². The molecule has 5 heteroatoms. The molecule has 0 saturated carbocycles. The van der Waals surface area contributed by atoms with E-state index in [9.17, 15) is 4.79 Å². The van der Waals surface area contributed by atoms with Gasteiger partial charge in [-0.25, -0.2) is 4.79 Å². The Labute approximate surface area is 113 Å². The maximum Gasteiger partial charge on any atom is 0.407 e. The van der Waals surface area contributed by atoms with E-state index in [-0.39, 0.29) is 12.1 Å². The van der Waals surface area contributed by atoms with Crippen LogP contribution >= 0.6 is 0 Å². The minimum Gasteiger partial charge on any atom is -0.445 e. The number of alkyl carbamates (subject to hydrolysis) is 1. The predicted octanol–water partition coefficient (Wildman–Crippen LogP) is 0.994. The topological polar surface area (TPSA) is 76.4 Å². The molecule has 1 aliphatic rings. The Kier molecular flexibility index (Phi) is 4.76. The van der Waals surface area contributed by atoms with Crippen molar-refractivity contribution in [2.75, 3.05) is 19.6 Å². The molecule has 1 aliphatic heterocycles. The molecule has 0 spiro atoms. The molecule has 1 aromatic rings. The summed E-state index contributed by atoms with van der Waals surface area (Å²) in [5.74, 6) is 0. The third kappa shape index (κ3) is 3.94. The summed E-state index contributed by atoms with van der Waals surface area (Å²) in [5.41, 5.74) is 6.39. The SMILES string of the molecule is NCC1(NC(=O)OCc2ccccc2)CCCNC1. The van der Waals surface area contributed by atoms with Crippen molar-refractivity contribution < 1.29 is 9.53 Å². The minimum absolute atomic E-state index is 0.279. The molecule has 1 atom stereocenters. The summed E-state index contributed by atoms with van der Waals surface area (Å²) in [6.07, 6.45) is 1.49. The number of benzene rings is 1. The van der Waals surface area contributed by atoms with Crippen molar-refractivity contribution in [2.24, 2.45) is 5.73 Å². The molecule has 0 radical (unpaired) electrons. The number of ether oxygens (including phenoxy) is 1. The maximum atomic E-state index is 11.8. The average molecular weight is 263 g/mol. The number of nitrogens with two attached hydrogens (primary N) is 1. The van der Waals surface area contributed by atoms with Crippen LogP contribution in [-0.2, 0) is 11.3 Å². The Morgan fingerprint density at radius 1 is 1.42 bits per heavy atom. The quantitative estimate of drug-likeness (QED) is 0.757. The van der Waals surface area contributed by atoms with Gasteiger partial charge in [0.25, 0.3) is 0 Å². The fraction of sp³-hybridized carbons (Fsp3) is 0.500. The molecule has 1 aromatic carbocycles. The number of nitrogens with one attached hydrogen (secondary N) is 2. The second-order valence-electron chi connectivity index (χ2n) is 4.95. The zero-order valence-corrected chi connectivity index (χ0v) is 11.0. The molecular weight excluding hydrogens is 242 g/mol. The fourth-order valence-corrected chi connectivity index (χ4v) is 2.28. The molecule has 1 saturated heterocycles. The molecule has 0 aliphatic carbocycles. The van der Waals surface area contributed by atoms with Gasteiger partial charge in [-0.1, -0.05) is 30.3 Å².